The number of carbonyl (C=O) groups is 1. The normalized spacial score (nSPS) is 15.6. The molecule has 6 heteroatoms. The molecular formula is C25H31N5O. The molecule has 0 fully saturated rings. The first-order chi connectivity index (χ1) is 14.6. The quantitative estimate of drug-likeness (QED) is 0.587. The second-order valence-electron chi connectivity index (χ2n) is 8.63. The number of likely N-dealkylation sites (N-methyl/N-ethyl adjacent to an activating group) is 1. The topological polar surface area (TPSA) is 68.1 Å². The minimum absolute atomic E-state index is 0.0312. The van der Waals surface area contributed by atoms with Gasteiger partial charge in [-0.25, -0.2) is 0 Å². The van der Waals surface area contributed by atoms with Crippen LogP contribution >= 0.6 is 0 Å². The SMILES string of the molecule is C=C(C)c1ncc(C(=O)Nc2cccc(C(C)[N-]C=CNC3=C[N+](C)(C)C3)c2)cc1C. The first kappa shape index (κ1) is 22.3. The molecule has 162 valence electrons. The van der Waals surface area contributed by atoms with E-state index in [1.807, 2.05) is 57.3 Å². The molecule has 0 aliphatic carbocycles. The van der Waals surface area contributed by atoms with Crippen LogP contribution in [-0.2, 0) is 0 Å². The average molecular weight is 418 g/mol. The van der Waals surface area contributed by atoms with Gasteiger partial charge in [-0.05, 0) is 49.4 Å². The molecule has 0 saturated heterocycles. The third kappa shape index (κ3) is 5.83. The van der Waals surface area contributed by atoms with Gasteiger partial charge in [0.2, 0.25) is 0 Å². The summed E-state index contributed by atoms with van der Waals surface area (Å²) in [5.74, 6) is -0.190. The molecule has 1 aromatic heterocycles. The van der Waals surface area contributed by atoms with Crippen LogP contribution in [0, 0.1) is 6.92 Å². The highest BCUT2D eigenvalue weighted by molar-refractivity contribution is 6.04. The Morgan fingerprint density at radius 3 is 2.71 bits per heavy atom. The van der Waals surface area contributed by atoms with Gasteiger partial charge in [0.1, 0.15) is 18.4 Å². The maximum absolute atomic E-state index is 12.7. The zero-order valence-corrected chi connectivity index (χ0v) is 18.9. The van der Waals surface area contributed by atoms with Crippen LogP contribution in [0.2, 0.25) is 0 Å². The van der Waals surface area contributed by atoms with Gasteiger partial charge in [0.05, 0.1) is 25.4 Å². The van der Waals surface area contributed by atoms with Gasteiger partial charge in [-0.3, -0.25) is 14.3 Å². The molecule has 2 aromatic rings. The maximum atomic E-state index is 12.7. The highest BCUT2D eigenvalue weighted by atomic mass is 16.1. The Hall–Kier alpha value is -3.38. The van der Waals surface area contributed by atoms with E-state index in [4.69, 9.17) is 0 Å². The number of nitrogens with zero attached hydrogens (tertiary/aromatic N) is 3. The largest absolute Gasteiger partial charge is 0.683 e. The summed E-state index contributed by atoms with van der Waals surface area (Å²) in [5.41, 5.74) is 6.12. The van der Waals surface area contributed by atoms with E-state index in [2.05, 4.69) is 47.8 Å². The highest BCUT2D eigenvalue weighted by Gasteiger charge is 2.25. The lowest BCUT2D eigenvalue weighted by atomic mass is 10.1. The van der Waals surface area contributed by atoms with Crippen LogP contribution in [-0.4, -0.2) is 36.0 Å². The summed E-state index contributed by atoms with van der Waals surface area (Å²) in [6.07, 6.45) is 7.40. The third-order valence-electron chi connectivity index (χ3n) is 5.11. The molecule has 1 unspecified atom stereocenters. The Morgan fingerprint density at radius 2 is 2.06 bits per heavy atom. The van der Waals surface area contributed by atoms with Crippen molar-refractivity contribution in [3.63, 3.8) is 0 Å². The Labute approximate surface area is 185 Å². The number of aryl methyl sites for hydroxylation is 1. The number of hydrogen-bond donors (Lipinski definition) is 2. The molecule has 1 aromatic carbocycles. The van der Waals surface area contributed by atoms with Crippen molar-refractivity contribution in [1.82, 2.24) is 10.3 Å². The maximum Gasteiger partial charge on any atom is 0.257 e. The number of amides is 1. The number of nitrogens with one attached hydrogen (secondary N) is 2. The summed E-state index contributed by atoms with van der Waals surface area (Å²) in [4.78, 5) is 17.0. The Kier molecular flexibility index (Phi) is 6.61. The molecule has 2 heterocycles. The van der Waals surface area contributed by atoms with Crippen LogP contribution in [0.1, 0.15) is 47.1 Å². The molecular weight excluding hydrogens is 386 g/mol. The van der Waals surface area contributed by atoms with Crippen molar-refractivity contribution in [2.45, 2.75) is 26.8 Å². The molecule has 1 amide bonds. The van der Waals surface area contributed by atoms with Crippen molar-refractivity contribution in [1.29, 1.82) is 0 Å². The summed E-state index contributed by atoms with van der Waals surface area (Å²) in [7, 11) is 4.31. The molecule has 1 atom stereocenters. The summed E-state index contributed by atoms with van der Waals surface area (Å²) < 4.78 is 0.899. The van der Waals surface area contributed by atoms with Crippen molar-refractivity contribution >= 4 is 17.2 Å². The van der Waals surface area contributed by atoms with Crippen LogP contribution in [0.25, 0.3) is 10.9 Å². The molecule has 6 nitrogen and oxygen atoms in total. The van der Waals surface area contributed by atoms with Crippen molar-refractivity contribution in [3.8, 4) is 0 Å². The number of hydrogen-bond acceptors (Lipinski definition) is 3. The first-order valence-electron chi connectivity index (χ1n) is 10.3. The first-order valence-corrected chi connectivity index (χ1v) is 10.3. The van der Waals surface area contributed by atoms with Gasteiger partial charge in [-0.2, -0.15) is 6.20 Å². The molecule has 3 rings (SSSR count). The lowest BCUT2D eigenvalue weighted by Crippen LogP contribution is -2.46. The Morgan fingerprint density at radius 1 is 1.32 bits per heavy atom. The number of pyridine rings is 1. The van der Waals surface area contributed by atoms with Gasteiger partial charge in [0.25, 0.3) is 5.91 Å². The smallest absolute Gasteiger partial charge is 0.257 e. The summed E-state index contributed by atoms with van der Waals surface area (Å²) >= 11 is 0. The number of aromatic nitrogens is 1. The van der Waals surface area contributed by atoms with E-state index in [-0.39, 0.29) is 11.9 Å². The second kappa shape index (κ2) is 9.18. The van der Waals surface area contributed by atoms with Gasteiger partial charge in [0.15, 0.2) is 0 Å². The second-order valence-corrected chi connectivity index (χ2v) is 8.63. The van der Waals surface area contributed by atoms with E-state index >= 15 is 0 Å². The highest BCUT2D eigenvalue weighted by Crippen LogP contribution is 2.25. The van der Waals surface area contributed by atoms with Crippen molar-refractivity contribution in [2.24, 2.45) is 0 Å². The number of allylic oxidation sites excluding steroid dienone is 1. The van der Waals surface area contributed by atoms with Crippen LogP contribution in [0.4, 0.5) is 5.69 Å². The van der Waals surface area contributed by atoms with Crippen LogP contribution < -0.4 is 10.6 Å². The lowest BCUT2D eigenvalue weighted by Gasteiger charge is -2.34. The molecule has 0 radical (unpaired) electrons. The van der Waals surface area contributed by atoms with E-state index in [0.29, 0.717) is 5.56 Å². The molecule has 0 saturated carbocycles. The fourth-order valence-corrected chi connectivity index (χ4v) is 3.55. The molecule has 0 spiro atoms. The van der Waals surface area contributed by atoms with Gasteiger partial charge in [0, 0.05) is 11.9 Å². The van der Waals surface area contributed by atoms with E-state index in [1.54, 1.807) is 12.4 Å². The molecule has 1 aliphatic heterocycles. The van der Waals surface area contributed by atoms with Crippen molar-refractivity contribution in [2.75, 3.05) is 26.0 Å². The van der Waals surface area contributed by atoms with E-state index in [0.717, 1.165) is 39.1 Å². The average Bonchev–Trinajstić information content (AvgIpc) is 2.69. The molecule has 31 heavy (non-hydrogen) atoms. The van der Waals surface area contributed by atoms with Crippen molar-refractivity contribution < 1.29 is 9.28 Å². The number of rotatable bonds is 8. The van der Waals surface area contributed by atoms with E-state index in [1.165, 1.54) is 5.70 Å². The van der Waals surface area contributed by atoms with E-state index < -0.39 is 0 Å². The van der Waals surface area contributed by atoms with Crippen molar-refractivity contribution in [3.05, 3.63) is 95.1 Å². The summed E-state index contributed by atoms with van der Waals surface area (Å²) in [6, 6.07) is 9.56. The third-order valence-corrected chi connectivity index (χ3v) is 5.11. The predicted molar refractivity (Wildman–Crippen MR) is 127 cm³/mol. The van der Waals surface area contributed by atoms with Gasteiger partial charge < -0.3 is 16.0 Å². The van der Waals surface area contributed by atoms with Gasteiger partial charge in [-0.1, -0.05) is 37.2 Å². The van der Waals surface area contributed by atoms with Gasteiger partial charge >= 0.3 is 0 Å². The Bertz CT molecular complexity index is 1050. The van der Waals surface area contributed by atoms with E-state index in [9.17, 15) is 4.79 Å². The molecule has 0 bridgehead atoms. The predicted octanol–water partition coefficient (Wildman–Crippen LogP) is 5.10. The molecule has 2 N–H and O–H groups in total. The minimum Gasteiger partial charge on any atom is -0.683 e. The number of carbonyl (C=O) groups excluding carboxylic acids is 1. The fourth-order valence-electron chi connectivity index (χ4n) is 3.55. The summed E-state index contributed by atoms with van der Waals surface area (Å²) in [5, 5.41) is 10.8. The fraction of sp³-hybridized carbons (Fsp3) is 0.280. The summed E-state index contributed by atoms with van der Waals surface area (Å²) in [6.45, 7) is 10.8. The number of benzene rings is 1. The molecule has 1 aliphatic rings. The zero-order valence-electron chi connectivity index (χ0n) is 18.9. The minimum atomic E-state index is -0.190. The van der Waals surface area contributed by atoms with Crippen LogP contribution in [0.3, 0.4) is 0 Å². The Balaban J connectivity index is 1.58. The monoisotopic (exact) mass is 417 g/mol. The zero-order chi connectivity index (χ0) is 22.6. The number of anilines is 1. The van der Waals surface area contributed by atoms with Crippen LogP contribution in [0.15, 0.2) is 67.4 Å². The van der Waals surface area contributed by atoms with Crippen LogP contribution in [0.5, 0.6) is 0 Å². The number of quaternary nitrogens is 1. The lowest BCUT2D eigenvalue weighted by molar-refractivity contribution is -0.853. The van der Waals surface area contributed by atoms with Gasteiger partial charge in [-0.15, -0.1) is 0 Å². The standard InChI is InChI=1S/C25H31N5O/c1-17(2)24-18(3)12-21(14-28-24)25(31)29-22-9-7-8-20(13-22)19(4)26-10-11-27-23-15-30(5,6)16-23/h7-15,19,27H,1,16H2,2-6H3,(H,29,31).